The molecule has 0 heterocycles. The first kappa shape index (κ1) is 32.1. The van der Waals surface area contributed by atoms with Crippen LogP contribution in [-0.2, 0) is 33.2 Å². The van der Waals surface area contributed by atoms with E-state index < -0.39 is 24.7 Å². The summed E-state index contributed by atoms with van der Waals surface area (Å²) in [6.45, 7) is 5.63. The van der Waals surface area contributed by atoms with Gasteiger partial charge in [0.2, 0.25) is 19.2 Å². The first-order valence-corrected chi connectivity index (χ1v) is 16.0. The van der Waals surface area contributed by atoms with Gasteiger partial charge in [-0.25, -0.2) is 0 Å². The Morgan fingerprint density at radius 3 is 1.95 bits per heavy atom. The number of nitrogens with one attached hydrogen (secondary N) is 2. The molecule has 3 atom stereocenters. The van der Waals surface area contributed by atoms with Crippen LogP contribution in [0.4, 0.5) is 0 Å². The predicted octanol–water partition coefficient (Wildman–Crippen LogP) is 5.58. The van der Waals surface area contributed by atoms with Crippen molar-refractivity contribution in [3.05, 3.63) is 101 Å². The zero-order valence-electron chi connectivity index (χ0n) is 24.7. The molecule has 2 unspecified atom stereocenters. The van der Waals surface area contributed by atoms with Crippen molar-refractivity contribution in [3.63, 3.8) is 0 Å². The van der Waals surface area contributed by atoms with E-state index in [2.05, 4.69) is 10.6 Å². The van der Waals surface area contributed by atoms with Gasteiger partial charge in [-0.15, -0.1) is 0 Å². The zero-order chi connectivity index (χ0) is 30.0. The van der Waals surface area contributed by atoms with E-state index in [1.807, 2.05) is 99.6 Å². The number of amides is 2. The molecule has 0 radical (unpaired) electrons. The minimum absolute atomic E-state index is 0.0247. The maximum Gasteiger partial charge on any atom is 0.242 e. The number of aryl methyl sites for hydroxylation is 1. The van der Waals surface area contributed by atoms with Crippen LogP contribution in [-0.4, -0.2) is 43.1 Å². The quantitative estimate of drug-likeness (QED) is 0.230. The van der Waals surface area contributed by atoms with Gasteiger partial charge in [-0.1, -0.05) is 87.5 Å². The van der Waals surface area contributed by atoms with E-state index in [4.69, 9.17) is 4.74 Å². The van der Waals surface area contributed by atoms with E-state index in [1.165, 1.54) is 7.05 Å². The molecule has 0 aliphatic heterocycles. The van der Waals surface area contributed by atoms with Crippen LogP contribution in [0, 0.1) is 11.3 Å². The van der Waals surface area contributed by atoms with Crippen LogP contribution in [0.2, 0.25) is 0 Å². The summed E-state index contributed by atoms with van der Waals surface area (Å²) in [4.78, 5) is 37.1. The van der Waals surface area contributed by atoms with Crippen molar-refractivity contribution in [2.45, 2.75) is 52.2 Å². The Kier molecular flexibility index (Phi) is 11.3. The number of ether oxygens (including phenoxy) is 1. The van der Waals surface area contributed by atoms with Crippen molar-refractivity contribution in [1.82, 2.24) is 10.6 Å². The molecule has 0 fully saturated rings. The molecular formula is C33H43N2O5P. The lowest BCUT2D eigenvalue weighted by molar-refractivity contribution is -0.133. The van der Waals surface area contributed by atoms with Crippen LogP contribution in [0.3, 0.4) is 0 Å². The second kappa shape index (κ2) is 14.5. The molecule has 220 valence electrons. The van der Waals surface area contributed by atoms with E-state index in [-0.39, 0.29) is 24.1 Å². The van der Waals surface area contributed by atoms with E-state index in [1.54, 1.807) is 7.11 Å². The van der Waals surface area contributed by atoms with Gasteiger partial charge in [-0.05, 0) is 59.1 Å². The first-order valence-electron chi connectivity index (χ1n) is 14.0. The molecule has 2 amide bonds. The average molecular weight is 579 g/mol. The summed E-state index contributed by atoms with van der Waals surface area (Å²) in [7, 11) is -0.557. The van der Waals surface area contributed by atoms with Gasteiger partial charge in [0, 0.05) is 25.3 Å². The highest BCUT2D eigenvalue weighted by atomic mass is 31.2. The summed E-state index contributed by atoms with van der Waals surface area (Å²) < 4.78 is 18.7. The van der Waals surface area contributed by atoms with Gasteiger partial charge in [-0.2, -0.15) is 0 Å². The van der Waals surface area contributed by atoms with Gasteiger partial charge >= 0.3 is 0 Å². The second-order valence-corrected chi connectivity index (χ2v) is 14.0. The fraction of sp³-hybridized carbons (Fsp3) is 0.394. The summed E-state index contributed by atoms with van der Waals surface area (Å²) in [5.41, 5.74) is 3.49. The molecule has 3 N–H and O–H groups in total. The van der Waals surface area contributed by atoms with Crippen LogP contribution in [0.25, 0.3) is 0 Å². The molecule has 0 saturated heterocycles. The number of rotatable bonds is 13. The Labute approximate surface area is 244 Å². The van der Waals surface area contributed by atoms with Crippen molar-refractivity contribution in [1.29, 1.82) is 0 Å². The van der Waals surface area contributed by atoms with Gasteiger partial charge in [0.05, 0.1) is 7.11 Å². The molecule has 3 aromatic carbocycles. The monoisotopic (exact) mass is 578 g/mol. The summed E-state index contributed by atoms with van der Waals surface area (Å²) in [6.07, 6.45) is 1.53. The van der Waals surface area contributed by atoms with E-state index >= 15 is 0 Å². The van der Waals surface area contributed by atoms with Crippen molar-refractivity contribution in [2.75, 3.05) is 20.3 Å². The van der Waals surface area contributed by atoms with Crippen molar-refractivity contribution < 1.29 is 23.8 Å². The number of benzene rings is 3. The zero-order valence-corrected chi connectivity index (χ0v) is 25.6. The van der Waals surface area contributed by atoms with Gasteiger partial charge < -0.3 is 20.3 Å². The normalized spacial score (nSPS) is 14.4. The highest BCUT2D eigenvalue weighted by molar-refractivity contribution is 7.57. The van der Waals surface area contributed by atoms with Gasteiger partial charge in [0.25, 0.3) is 0 Å². The number of hydrogen-bond donors (Lipinski definition) is 3. The minimum atomic E-state index is -3.73. The third-order valence-corrected chi connectivity index (χ3v) is 9.05. The third kappa shape index (κ3) is 10.2. The SMILES string of the molecule is CNC(=O)[C@@H](NC(=O)C(CCc1ccccc1)CP(=O)(O)Cc1ccc(Cc2ccc(OC)cc2)cc1)C(C)(C)C. The van der Waals surface area contributed by atoms with Gasteiger partial charge in [0.1, 0.15) is 11.8 Å². The highest BCUT2D eigenvalue weighted by Gasteiger charge is 2.36. The molecule has 8 heteroatoms. The maximum absolute atomic E-state index is 13.5. The smallest absolute Gasteiger partial charge is 0.242 e. The molecular weight excluding hydrogens is 535 g/mol. The number of hydrogen-bond acceptors (Lipinski definition) is 4. The van der Waals surface area contributed by atoms with Gasteiger partial charge in [0.15, 0.2) is 0 Å². The molecule has 0 spiro atoms. The lowest BCUT2D eigenvalue weighted by Gasteiger charge is -2.31. The summed E-state index contributed by atoms with van der Waals surface area (Å²) >= 11 is 0. The Morgan fingerprint density at radius 1 is 0.854 bits per heavy atom. The Balaban J connectivity index is 1.72. The Bertz CT molecular complexity index is 1320. The topological polar surface area (TPSA) is 105 Å². The van der Waals surface area contributed by atoms with Crippen molar-refractivity contribution >= 4 is 19.2 Å². The first-order chi connectivity index (χ1) is 19.4. The number of carbonyl (C=O) groups excluding carboxylic acids is 2. The van der Waals surface area contributed by atoms with E-state index in [0.29, 0.717) is 12.8 Å². The number of carbonyl (C=O) groups is 2. The molecule has 41 heavy (non-hydrogen) atoms. The Morgan fingerprint density at radius 2 is 1.41 bits per heavy atom. The maximum atomic E-state index is 13.5. The molecule has 0 saturated carbocycles. The fourth-order valence-corrected chi connectivity index (χ4v) is 6.75. The molecule has 0 aromatic heterocycles. The second-order valence-electron chi connectivity index (χ2n) is 11.7. The average Bonchev–Trinajstić information content (AvgIpc) is 2.94. The van der Waals surface area contributed by atoms with Crippen LogP contribution < -0.4 is 15.4 Å². The molecule has 0 aliphatic rings. The summed E-state index contributed by atoms with van der Waals surface area (Å²) in [5, 5.41) is 5.49. The fourth-order valence-electron chi connectivity index (χ4n) is 4.81. The minimum Gasteiger partial charge on any atom is -0.497 e. The summed E-state index contributed by atoms with van der Waals surface area (Å²) in [6, 6.07) is 24.5. The van der Waals surface area contributed by atoms with E-state index in [0.717, 1.165) is 34.4 Å². The van der Waals surface area contributed by atoms with E-state index in [9.17, 15) is 19.0 Å². The van der Waals surface area contributed by atoms with Crippen molar-refractivity contribution in [2.24, 2.45) is 11.3 Å². The van der Waals surface area contributed by atoms with Crippen LogP contribution in [0.1, 0.15) is 49.4 Å². The standard InChI is InChI=1S/C33H43N2O5P/c1-33(2,3)30(32(37)34-4)35-31(36)28(18-15-24-9-7-6-8-10-24)23-41(38,39)22-27-13-11-25(12-14-27)21-26-16-19-29(40-5)20-17-26/h6-14,16-17,19-20,28,30H,15,18,21-23H2,1-5H3,(H,34,37)(H,35,36)(H,38,39)/t28?,30-/m1/s1. The van der Waals surface area contributed by atoms with Crippen molar-refractivity contribution in [3.8, 4) is 5.75 Å². The molecule has 0 bridgehead atoms. The Hall–Kier alpha value is -3.41. The van der Waals surface area contributed by atoms with Crippen LogP contribution in [0.15, 0.2) is 78.9 Å². The lowest BCUT2D eigenvalue weighted by atomic mass is 9.85. The predicted molar refractivity (Wildman–Crippen MR) is 164 cm³/mol. The lowest BCUT2D eigenvalue weighted by Crippen LogP contribution is -2.54. The molecule has 3 rings (SSSR count). The van der Waals surface area contributed by atoms with Crippen LogP contribution >= 0.6 is 7.37 Å². The largest absolute Gasteiger partial charge is 0.497 e. The third-order valence-electron chi connectivity index (χ3n) is 7.18. The molecule has 3 aromatic rings. The number of methoxy groups -OCH3 is 1. The highest BCUT2D eigenvalue weighted by Crippen LogP contribution is 2.47. The van der Waals surface area contributed by atoms with Crippen LogP contribution in [0.5, 0.6) is 5.75 Å². The summed E-state index contributed by atoms with van der Waals surface area (Å²) in [5.74, 6) is -0.598. The number of likely N-dealkylation sites (N-methyl/N-ethyl adjacent to an activating group) is 1. The van der Waals surface area contributed by atoms with Gasteiger partial charge in [-0.3, -0.25) is 14.2 Å². The molecule has 7 nitrogen and oxygen atoms in total. The molecule has 0 aliphatic carbocycles.